The van der Waals surface area contributed by atoms with Crippen molar-refractivity contribution in [2.24, 2.45) is 0 Å². The maximum Gasteiger partial charge on any atom is 0.330 e. The third-order valence-corrected chi connectivity index (χ3v) is 1.39. The second-order valence-corrected chi connectivity index (χ2v) is 2.48. The average Bonchev–Trinajstić information content (AvgIpc) is 2.28. The molecule has 90 valence electrons. The molecule has 0 radical (unpaired) electrons. The molecule has 0 N–H and O–H groups in total. The van der Waals surface area contributed by atoms with Gasteiger partial charge in [-0.1, -0.05) is 19.7 Å². The molecule has 0 aliphatic rings. The van der Waals surface area contributed by atoms with Crippen molar-refractivity contribution < 1.29 is 23.7 Å². The van der Waals surface area contributed by atoms with Crippen molar-refractivity contribution in [2.75, 3.05) is 19.8 Å². The van der Waals surface area contributed by atoms with Crippen molar-refractivity contribution in [3.05, 3.63) is 38.3 Å². The summed E-state index contributed by atoms with van der Waals surface area (Å²) in [6.45, 7) is 10.6. The fourth-order valence-corrected chi connectivity index (χ4v) is 0.765. The third-order valence-electron chi connectivity index (χ3n) is 1.39. The quantitative estimate of drug-likeness (QED) is 0.186. The third kappa shape index (κ3) is 7.64. The Kier molecular flexibility index (Phi) is 8.72. The molecule has 0 spiro atoms. The van der Waals surface area contributed by atoms with E-state index in [2.05, 4.69) is 24.5 Å². The number of esters is 1. The molecule has 0 fully saturated rings. The number of hydrogen-bond acceptors (Lipinski definition) is 5. The summed E-state index contributed by atoms with van der Waals surface area (Å²) < 4.78 is 19.7. The fourth-order valence-electron chi connectivity index (χ4n) is 0.765. The van der Waals surface area contributed by atoms with Gasteiger partial charge in [0, 0.05) is 6.08 Å². The minimum absolute atomic E-state index is 0.153. The Balaban J connectivity index is 3.53. The van der Waals surface area contributed by atoms with Crippen LogP contribution in [0.3, 0.4) is 0 Å². The molecular formula is C11H16O5. The van der Waals surface area contributed by atoms with E-state index in [9.17, 15) is 4.79 Å². The first-order valence-corrected chi connectivity index (χ1v) is 4.64. The highest BCUT2D eigenvalue weighted by molar-refractivity contribution is 5.81. The molecule has 0 aromatic heterocycles. The van der Waals surface area contributed by atoms with Crippen molar-refractivity contribution in [2.45, 2.75) is 6.29 Å². The monoisotopic (exact) mass is 228 g/mol. The molecule has 5 nitrogen and oxygen atoms in total. The standard InChI is InChI=1S/C11H16O5/c1-4-10(12)16-8-7-13-9-11(14-5-2)15-6-3/h4-6,11H,1-3,7-9H2. The van der Waals surface area contributed by atoms with E-state index in [1.807, 2.05) is 0 Å². The molecule has 0 aromatic carbocycles. The van der Waals surface area contributed by atoms with Gasteiger partial charge in [-0.3, -0.25) is 0 Å². The van der Waals surface area contributed by atoms with Crippen molar-refractivity contribution >= 4 is 5.97 Å². The van der Waals surface area contributed by atoms with Crippen molar-refractivity contribution in [3.8, 4) is 0 Å². The zero-order chi connectivity index (χ0) is 12.2. The lowest BCUT2D eigenvalue weighted by Gasteiger charge is -2.15. The zero-order valence-corrected chi connectivity index (χ0v) is 9.09. The smallest absolute Gasteiger partial charge is 0.330 e. The molecule has 0 aromatic rings. The lowest BCUT2D eigenvalue weighted by molar-refractivity contribution is -0.142. The summed E-state index contributed by atoms with van der Waals surface area (Å²) >= 11 is 0. The summed E-state index contributed by atoms with van der Waals surface area (Å²) in [5.41, 5.74) is 0. The first kappa shape index (κ1) is 14.2. The molecule has 0 atom stereocenters. The maximum atomic E-state index is 10.6. The molecule has 0 rings (SSSR count). The second-order valence-electron chi connectivity index (χ2n) is 2.48. The number of carbonyl (C=O) groups is 1. The predicted molar refractivity (Wildman–Crippen MR) is 58.3 cm³/mol. The van der Waals surface area contributed by atoms with Gasteiger partial charge < -0.3 is 18.9 Å². The Morgan fingerprint density at radius 3 is 2.25 bits per heavy atom. The largest absolute Gasteiger partial charge is 0.461 e. The van der Waals surface area contributed by atoms with Gasteiger partial charge in [0.2, 0.25) is 0 Å². The molecule has 0 saturated carbocycles. The summed E-state index contributed by atoms with van der Waals surface area (Å²) in [5.74, 6) is -0.482. The topological polar surface area (TPSA) is 54.0 Å². The van der Waals surface area contributed by atoms with Crippen molar-refractivity contribution in [3.63, 3.8) is 0 Å². The van der Waals surface area contributed by atoms with Crippen LogP contribution in [0.2, 0.25) is 0 Å². The molecular weight excluding hydrogens is 212 g/mol. The normalized spacial score (nSPS) is 9.31. The number of carbonyl (C=O) groups excluding carboxylic acids is 1. The van der Waals surface area contributed by atoms with Crippen LogP contribution < -0.4 is 0 Å². The molecule has 0 unspecified atom stereocenters. The Bertz CT molecular complexity index is 227. The fraction of sp³-hybridized carbons (Fsp3) is 0.364. The van der Waals surface area contributed by atoms with Gasteiger partial charge >= 0.3 is 5.97 Å². The summed E-state index contributed by atoms with van der Waals surface area (Å²) in [6, 6.07) is 0. The van der Waals surface area contributed by atoms with Crippen LogP contribution in [0.5, 0.6) is 0 Å². The summed E-state index contributed by atoms with van der Waals surface area (Å²) in [5, 5.41) is 0. The van der Waals surface area contributed by atoms with E-state index in [4.69, 9.17) is 14.2 Å². The minimum atomic E-state index is -0.592. The highest BCUT2D eigenvalue weighted by Gasteiger charge is 2.06. The summed E-state index contributed by atoms with van der Waals surface area (Å²) in [6.07, 6.45) is 2.99. The van der Waals surface area contributed by atoms with E-state index in [0.717, 1.165) is 6.08 Å². The van der Waals surface area contributed by atoms with Gasteiger partial charge in [0.1, 0.15) is 13.2 Å². The van der Waals surface area contributed by atoms with E-state index in [0.29, 0.717) is 0 Å². The first-order chi connectivity index (χ1) is 7.74. The van der Waals surface area contributed by atoms with Crippen molar-refractivity contribution in [1.82, 2.24) is 0 Å². The molecule has 0 amide bonds. The van der Waals surface area contributed by atoms with E-state index in [1.54, 1.807) is 0 Å². The SMILES string of the molecule is C=COC(COCCOC(=O)C=C)OC=C. The van der Waals surface area contributed by atoms with Gasteiger partial charge in [0.05, 0.1) is 19.1 Å². The molecule has 0 aliphatic carbocycles. The Morgan fingerprint density at radius 1 is 1.12 bits per heavy atom. The van der Waals surface area contributed by atoms with Crippen LogP contribution in [0, 0.1) is 0 Å². The maximum absolute atomic E-state index is 10.6. The van der Waals surface area contributed by atoms with Gasteiger partial charge in [-0.05, 0) is 0 Å². The van der Waals surface area contributed by atoms with Crippen molar-refractivity contribution in [1.29, 1.82) is 0 Å². The zero-order valence-electron chi connectivity index (χ0n) is 9.09. The Labute approximate surface area is 94.9 Å². The first-order valence-electron chi connectivity index (χ1n) is 4.64. The lowest BCUT2D eigenvalue weighted by Crippen LogP contribution is -2.21. The van der Waals surface area contributed by atoms with E-state index in [1.165, 1.54) is 12.5 Å². The van der Waals surface area contributed by atoms with E-state index < -0.39 is 12.3 Å². The minimum Gasteiger partial charge on any atom is -0.461 e. The van der Waals surface area contributed by atoms with Crippen LogP contribution in [0.15, 0.2) is 38.3 Å². The summed E-state index contributed by atoms with van der Waals surface area (Å²) in [4.78, 5) is 10.6. The van der Waals surface area contributed by atoms with E-state index in [-0.39, 0.29) is 19.8 Å². The highest BCUT2D eigenvalue weighted by Crippen LogP contribution is 1.97. The Morgan fingerprint density at radius 2 is 1.75 bits per heavy atom. The number of rotatable bonds is 10. The molecule has 5 heteroatoms. The van der Waals surface area contributed by atoms with Crippen LogP contribution in [0.25, 0.3) is 0 Å². The number of hydrogen-bond donors (Lipinski definition) is 0. The second kappa shape index (κ2) is 9.79. The van der Waals surface area contributed by atoms with Crippen LogP contribution >= 0.6 is 0 Å². The van der Waals surface area contributed by atoms with Crippen LogP contribution in [0.4, 0.5) is 0 Å². The molecule has 16 heavy (non-hydrogen) atoms. The predicted octanol–water partition coefficient (Wildman–Crippen LogP) is 1.38. The van der Waals surface area contributed by atoms with Gasteiger partial charge in [-0.2, -0.15) is 0 Å². The van der Waals surface area contributed by atoms with E-state index >= 15 is 0 Å². The Hall–Kier alpha value is -1.75. The number of ether oxygens (including phenoxy) is 4. The highest BCUT2D eigenvalue weighted by atomic mass is 16.7. The molecule has 0 bridgehead atoms. The lowest BCUT2D eigenvalue weighted by atomic mass is 10.6. The van der Waals surface area contributed by atoms with Crippen LogP contribution in [-0.2, 0) is 23.7 Å². The van der Waals surface area contributed by atoms with Crippen LogP contribution in [-0.4, -0.2) is 32.1 Å². The molecule has 0 saturated heterocycles. The van der Waals surface area contributed by atoms with Gasteiger partial charge in [0.25, 0.3) is 6.29 Å². The molecule has 0 heterocycles. The van der Waals surface area contributed by atoms with Gasteiger partial charge in [0.15, 0.2) is 0 Å². The molecule has 0 aliphatic heterocycles. The van der Waals surface area contributed by atoms with Gasteiger partial charge in [-0.25, -0.2) is 4.79 Å². The van der Waals surface area contributed by atoms with Gasteiger partial charge in [-0.15, -0.1) is 0 Å². The summed E-state index contributed by atoms with van der Waals surface area (Å²) in [7, 11) is 0. The van der Waals surface area contributed by atoms with Crippen LogP contribution in [0.1, 0.15) is 0 Å². The average molecular weight is 228 g/mol.